The smallest absolute Gasteiger partial charge is 0.320 e. The van der Waals surface area contributed by atoms with Crippen LogP contribution in [0, 0.1) is 5.92 Å². The molecule has 1 aliphatic carbocycles. The minimum absolute atomic E-state index is 0.306. The number of nitrogens with one attached hydrogen (secondary N) is 1. The Balaban J connectivity index is 1.77. The molecule has 2 fully saturated rings. The Morgan fingerprint density at radius 1 is 1.53 bits per heavy atom. The Bertz CT molecular complexity index is 241. The van der Waals surface area contributed by atoms with E-state index in [0.29, 0.717) is 12.0 Å². The molecule has 0 aromatic carbocycles. The summed E-state index contributed by atoms with van der Waals surface area (Å²) in [5.41, 5.74) is 0. The molecule has 4 nitrogen and oxygen atoms in total. The largest absolute Gasteiger partial charge is 0.480 e. The van der Waals surface area contributed by atoms with Gasteiger partial charge in [0.25, 0.3) is 0 Å². The highest BCUT2D eigenvalue weighted by Crippen LogP contribution is 2.32. The van der Waals surface area contributed by atoms with Gasteiger partial charge in [-0.1, -0.05) is 0 Å². The molecule has 2 atom stereocenters. The molecular formula is C11H20N2O2. The van der Waals surface area contributed by atoms with Gasteiger partial charge in [0.05, 0.1) is 0 Å². The Morgan fingerprint density at radius 3 is 2.73 bits per heavy atom. The topological polar surface area (TPSA) is 52.6 Å². The van der Waals surface area contributed by atoms with Crippen molar-refractivity contribution in [3.8, 4) is 0 Å². The molecule has 2 aliphatic rings. The van der Waals surface area contributed by atoms with Gasteiger partial charge in [0.2, 0.25) is 0 Å². The highest BCUT2D eigenvalue weighted by atomic mass is 16.4. The first-order valence-corrected chi connectivity index (χ1v) is 5.85. The first-order valence-electron chi connectivity index (χ1n) is 5.85. The van der Waals surface area contributed by atoms with Gasteiger partial charge in [0, 0.05) is 12.6 Å². The third-order valence-electron chi connectivity index (χ3n) is 3.60. The number of nitrogens with zero attached hydrogens (tertiary/aromatic N) is 1. The number of rotatable bonds is 5. The van der Waals surface area contributed by atoms with Gasteiger partial charge >= 0.3 is 5.97 Å². The van der Waals surface area contributed by atoms with E-state index in [-0.39, 0.29) is 6.04 Å². The second kappa shape index (κ2) is 4.49. The van der Waals surface area contributed by atoms with Crippen LogP contribution >= 0.6 is 0 Å². The second-order valence-corrected chi connectivity index (χ2v) is 4.84. The number of likely N-dealkylation sites (N-methyl/N-ethyl adjacent to an activating group) is 1. The summed E-state index contributed by atoms with van der Waals surface area (Å²) in [5, 5.41) is 12.3. The Morgan fingerprint density at radius 2 is 2.27 bits per heavy atom. The second-order valence-electron chi connectivity index (χ2n) is 4.84. The lowest BCUT2D eigenvalue weighted by Gasteiger charge is -2.22. The monoisotopic (exact) mass is 212 g/mol. The van der Waals surface area contributed by atoms with Gasteiger partial charge in [-0.05, 0) is 45.2 Å². The molecule has 2 unspecified atom stereocenters. The molecule has 0 aromatic rings. The van der Waals surface area contributed by atoms with E-state index in [2.05, 4.69) is 17.3 Å². The summed E-state index contributed by atoms with van der Waals surface area (Å²) in [6, 6.07) is 0.226. The normalized spacial score (nSPS) is 29.3. The van der Waals surface area contributed by atoms with E-state index in [1.165, 1.54) is 12.8 Å². The Labute approximate surface area is 90.6 Å². The van der Waals surface area contributed by atoms with Crippen molar-refractivity contribution in [2.75, 3.05) is 20.1 Å². The standard InChI is InChI=1S/C11H20N2O2/c1-13-6-2-3-9(13)7-12-10(11(14)15)8-4-5-8/h8-10,12H,2-7H2,1H3,(H,14,15). The zero-order valence-corrected chi connectivity index (χ0v) is 9.28. The van der Waals surface area contributed by atoms with E-state index in [1.54, 1.807) is 0 Å². The number of likely N-dealkylation sites (tertiary alicyclic amines) is 1. The minimum atomic E-state index is -0.682. The van der Waals surface area contributed by atoms with Gasteiger partial charge in [0.15, 0.2) is 0 Å². The molecule has 1 heterocycles. The van der Waals surface area contributed by atoms with Crippen LogP contribution < -0.4 is 5.32 Å². The quantitative estimate of drug-likeness (QED) is 0.698. The average Bonchev–Trinajstić information content (AvgIpc) is 2.92. The maximum absolute atomic E-state index is 11.0. The van der Waals surface area contributed by atoms with Crippen LogP contribution in [0.25, 0.3) is 0 Å². The molecule has 15 heavy (non-hydrogen) atoms. The molecule has 2 rings (SSSR count). The van der Waals surface area contributed by atoms with Crippen molar-refractivity contribution in [3.05, 3.63) is 0 Å². The van der Waals surface area contributed by atoms with Crippen LogP contribution in [-0.2, 0) is 4.79 Å². The van der Waals surface area contributed by atoms with E-state index in [4.69, 9.17) is 5.11 Å². The first-order chi connectivity index (χ1) is 7.18. The summed E-state index contributed by atoms with van der Waals surface area (Å²) in [5.74, 6) is -0.299. The summed E-state index contributed by atoms with van der Waals surface area (Å²) >= 11 is 0. The SMILES string of the molecule is CN1CCCC1CNC(C(=O)O)C1CC1. The summed E-state index contributed by atoms with van der Waals surface area (Å²) in [4.78, 5) is 13.3. The maximum atomic E-state index is 11.0. The van der Waals surface area contributed by atoms with Gasteiger partial charge in [-0.25, -0.2) is 0 Å². The van der Waals surface area contributed by atoms with E-state index in [1.807, 2.05) is 0 Å². The zero-order chi connectivity index (χ0) is 10.8. The van der Waals surface area contributed by atoms with Crippen LogP contribution in [0.5, 0.6) is 0 Å². The van der Waals surface area contributed by atoms with Crippen LogP contribution in [-0.4, -0.2) is 48.2 Å². The number of carboxylic acids is 1. The number of hydrogen-bond acceptors (Lipinski definition) is 3. The molecule has 0 radical (unpaired) electrons. The summed E-state index contributed by atoms with van der Waals surface area (Å²) in [6.07, 6.45) is 4.58. The maximum Gasteiger partial charge on any atom is 0.320 e. The predicted octanol–water partition coefficient (Wildman–Crippen LogP) is 0.533. The van der Waals surface area contributed by atoms with Crippen molar-refractivity contribution in [3.63, 3.8) is 0 Å². The van der Waals surface area contributed by atoms with Gasteiger partial charge in [-0.3, -0.25) is 4.79 Å². The molecule has 0 spiro atoms. The van der Waals surface area contributed by atoms with Crippen LogP contribution in [0.1, 0.15) is 25.7 Å². The summed E-state index contributed by atoms with van der Waals surface area (Å²) in [6.45, 7) is 1.97. The van der Waals surface area contributed by atoms with Gasteiger partial charge in [-0.2, -0.15) is 0 Å². The average molecular weight is 212 g/mol. The summed E-state index contributed by atoms with van der Waals surface area (Å²) in [7, 11) is 2.12. The number of hydrogen-bond donors (Lipinski definition) is 2. The lowest BCUT2D eigenvalue weighted by molar-refractivity contribution is -0.140. The molecule has 1 saturated heterocycles. The number of aliphatic carboxylic acids is 1. The van der Waals surface area contributed by atoms with Crippen molar-refractivity contribution >= 4 is 5.97 Å². The van der Waals surface area contributed by atoms with Gasteiger partial charge in [0.1, 0.15) is 6.04 Å². The van der Waals surface area contributed by atoms with Gasteiger partial charge < -0.3 is 15.3 Å². The first kappa shape index (κ1) is 10.9. The molecule has 1 aliphatic heterocycles. The lowest BCUT2D eigenvalue weighted by atomic mass is 10.1. The molecule has 0 amide bonds. The fourth-order valence-electron chi connectivity index (χ4n) is 2.39. The van der Waals surface area contributed by atoms with Crippen LogP contribution in [0.15, 0.2) is 0 Å². The fraction of sp³-hybridized carbons (Fsp3) is 0.909. The van der Waals surface area contributed by atoms with Crippen LogP contribution in [0.4, 0.5) is 0 Å². The molecule has 2 N–H and O–H groups in total. The Kier molecular flexibility index (Phi) is 3.26. The van der Waals surface area contributed by atoms with E-state index >= 15 is 0 Å². The number of carboxylic acid groups (broad SMARTS) is 1. The van der Waals surface area contributed by atoms with Crippen molar-refractivity contribution in [1.29, 1.82) is 0 Å². The third-order valence-corrected chi connectivity index (χ3v) is 3.60. The summed E-state index contributed by atoms with van der Waals surface area (Å²) < 4.78 is 0. The highest BCUT2D eigenvalue weighted by molar-refractivity contribution is 5.74. The molecule has 86 valence electrons. The van der Waals surface area contributed by atoms with Gasteiger partial charge in [-0.15, -0.1) is 0 Å². The fourth-order valence-corrected chi connectivity index (χ4v) is 2.39. The van der Waals surface area contributed by atoms with Crippen molar-refractivity contribution in [2.24, 2.45) is 5.92 Å². The lowest BCUT2D eigenvalue weighted by Crippen LogP contribution is -2.45. The van der Waals surface area contributed by atoms with Crippen molar-refractivity contribution in [2.45, 2.75) is 37.8 Å². The van der Waals surface area contributed by atoms with Crippen molar-refractivity contribution < 1.29 is 9.90 Å². The molecule has 4 heteroatoms. The molecule has 1 saturated carbocycles. The number of carbonyl (C=O) groups is 1. The minimum Gasteiger partial charge on any atom is -0.480 e. The van der Waals surface area contributed by atoms with E-state index < -0.39 is 5.97 Å². The van der Waals surface area contributed by atoms with E-state index in [9.17, 15) is 4.79 Å². The molecule has 0 aromatic heterocycles. The van der Waals surface area contributed by atoms with Crippen LogP contribution in [0.3, 0.4) is 0 Å². The highest BCUT2D eigenvalue weighted by Gasteiger charge is 2.36. The molecule has 0 bridgehead atoms. The van der Waals surface area contributed by atoms with Crippen molar-refractivity contribution in [1.82, 2.24) is 10.2 Å². The Hall–Kier alpha value is -0.610. The predicted molar refractivity (Wildman–Crippen MR) is 57.8 cm³/mol. The van der Waals surface area contributed by atoms with E-state index in [0.717, 1.165) is 25.9 Å². The molecular weight excluding hydrogens is 192 g/mol. The zero-order valence-electron chi connectivity index (χ0n) is 9.28. The van der Waals surface area contributed by atoms with Crippen LogP contribution in [0.2, 0.25) is 0 Å². The third kappa shape index (κ3) is 2.69.